The molecule has 0 radical (unpaired) electrons. The molecule has 4 heteroatoms. The van der Waals surface area contributed by atoms with Crippen LogP contribution in [-0.2, 0) is 5.75 Å². The maximum Gasteiger partial charge on any atom is 0.123 e. The van der Waals surface area contributed by atoms with Gasteiger partial charge in [-0.2, -0.15) is 0 Å². The first-order chi connectivity index (χ1) is 8.56. The predicted octanol–water partition coefficient (Wildman–Crippen LogP) is 4.66. The lowest BCUT2D eigenvalue weighted by Gasteiger charge is -2.08. The molecule has 2 rings (SSSR count). The molecule has 2 N–H and O–H groups in total. The summed E-state index contributed by atoms with van der Waals surface area (Å²) in [4.78, 5) is 1.09. The minimum Gasteiger partial charge on any atom is -0.399 e. The van der Waals surface area contributed by atoms with Crippen molar-refractivity contribution in [2.24, 2.45) is 0 Å². The van der Waals surface area contributed by atoms with Gasteiger partial charge in [0.25, 0.3) is 0 Å². The molecule has 94 valence electrons. The standard InChI is InChI=1S/C14H13ClFNS/c1-9-2-4-12(17)7-14(9)18-8-10-6-11(16)3-5-13(10)15/h2-7H,8,17H2,1H3. The van der Waals surface area contributed by atoms with E-state index < -0.39 is 0 Å². The Morgan fingerprint density at radius 3 is 2.78 bits per heavy atom. The molecule has 0 spiro atoms. The molecule has 1 nitrogen and oxygen atoms in total. The summed E-state index contributed by atoms with van der Waals surface area (Å²) in [6.07, 6.45) is 0. The fraction of sp³-hybridized carbons (Fsp3) is 0.143. The highest BCUT2D eigenvalue weighted by molar-refractivity contribution is 7.98. The van der Waals surface area contributed by atoms with Gasteiger partial charge in [0, 0.05) is 21.4 Å². The number of nitrogen functional groups attached to an aromatic ring is 1. The Balaban J connectivity index is 2.16. The van der Waals surface area contributed by atoms with Crippen LogP contribution in [-0.4, -0.2) is 0 Å². The van der Waals surface area contributed by atoms with Crippen molar-refractivity contribution in [3.63, 3.8) is 0 Å². The van der Waals surface area contributed by atoms with Crippen LogP contribution in [0.15, 0.2) is 41.3 Å². The average molecular weight is 282 g/mol. The zero-order chi connectivity index (χ0) is 13.1. The van der Waals surface area contributed by atoms with Crippen molar-refractivity contribution in [3.8, 4) is 0 Å². The van der Waals surface area contributed by atoms with Gasteiger partial charge in [-0.3, -0.25) is 0 Å². The molecular formula is C14H13ClFNS. The van der Waals surface area contributed by atoms with Crippen molar-refractivity contribution < 1.29 is 4.39 Å². The Morgan fingerprint density at radius 1 is 1.22 bits per heavy atom. The van der Waals surface area contributed by atoms with Crippen molar-refractivity contribution >= 4 is 29.1 Å². The lowest BCUT2D eigenvalue weighted by Crippen LogP contribution is -1.89. The molecule has 2 aromatic rings. The summed E-state index contributed by atoms with van der Waals surface area (Å²) in [5.41, 5.74) is 8.43. The lowest BCUT2D eigenvalue weighted by molar-refractivity contribution is 0.626. The van der Waals surface area contributed by atoms with Crippen molar-refractivity contribution in [1.29, 1.82) is 0 Å². The molecule has 0 aromatic heterocycles. The predicted molar refractivity (Wildman–Crippen MR) is 76.6 cm³/mol. The molecule has 0 saturated heterocycles. The number of thioether (sulfide) groups is 1. The van der Waals surface area contributed by atoms with Crippen molar-refractivity contribution in [2.75, 3.05) is 5.73 Å². The highest BCUT2D eigenvalue weighted by Crippen LogP contribution is 2.30. The fourth-order valence-corrected chi connectivity index (χ4v) is 2.91. The molecule has 0 aliphatic carbocycles. The van der Waals surface area contributed by atoms with Crippen LogP contribution in [0.2, 0.25) is 5.02 Å². The Bertz CT molecular complexity index is 520. The van der Waals surface area contributed by atoms with Crippen LogP contribution in [0.25, 0.3) is 0 Å². The number of anilines is 1. The van der Waals surface area contributed by atoms with E-state index in [9.17, 15) is 4.39 Å². The van der Waals surface area contributed by atoms with Gasteiger partial charge in [-0.25, -0.2) is 4.39 Å². The molecule has 0 aliphatic heterocycles. The second kappa shape index (κ2) is 5.63. The van der Waals surface area contributed by atoms with Gasteiger partial charge in [-0.05, 0) is 48.4 Å². The molecule has 0 atom stereocenters. The van der Waals surface area contributed by atoms with Crippen molar-refractivity contribution in [3.05, 3.63) is 58.4 Å². The first-order valence-electron chi connectivity index (χ1n) is 5.49. The second-order valence-electron chi connectivity index (χ2n) is 4.05. The van der Waals surface area contributed by atoms with Crippen LogP contribution >= 0.6 is 23.4 Å². The largest absolute Gasteiger partial charge is 0.399 e. The molecular weight excluding hydrogens is 269 g/mol. The van der Waals surface area contributed by atoms with E-state index >= 15 is 0 Å². The Morgan fingerprint density at radius 2 is 2.00 bits per heavy atom. The van der Waals surface area contributed by atoms with E-state index in [1.54, 1.807) is 17.8 Å². The van der Waals surface area contributed by atoms with Crippen molar-refractivity contribution in [1.82, 2.24) is 0 Å². The number of hydrogen-bond acceptors (Lipinski definition) is 2. The summed E-state index contributed by atoms with van der Waals surface area (Å²) in [5.74, 6) is 0.361. The second-order valence-corrected chi connectivity index (χ2v) is 5.47. The number of hydrogen-bond donors (Lipinski definition) is 1. The normalized spacial score (nSPS) is 10.6. The average Bonchev–Trinajstić information content (AvgIpc) is 2.34. The molecule has 0 bridgehead atoms. The maximum absolute atomic E-state index is 13.1. The molecule has 0 aliphatic rings. The summed E-state index contributed by atoms with van der Waals surface area (Å²) in [6.45, 7) is 2.02. The SMILES string of the molecule is Cc1ccc(N)cc1SCc1cc(F)ccc1Cl. The van der Waals surface area contributed by atoms with Crippen LogP contribution in [0.4, 0.5) is 10.1 Å². The van der Waals surface area contributed by atoms with Gasteiger partial charge >= 0.3 is 0 Å². The Kier molecular flexibility index (Phi) is 4.15. The fourth-order valence-electron chi connectivity index (χ4n) is 1.58. The summed E-state index contributed by atoms with van der Waals surface area (Å²) in [6, 6.07) is 10.2. The third kappa shape index (κ3) is 3.18. The maximum atomic E-state index is 13.1. The van der Waals surface area contributed by atoms with Gasteiger partial charge in [-0.15, -0.1) is 11.8 Å². The van der Waals surface area contributed by atoms with E-state index in [-0.39, 0.29) is 5.82 Å². The van der Waals surface area contributed by atoms with E-state index in [1.807, 2.05) is 25.1 Å². The first kappa shape index (κ1) is 13.2. The van der Waals surface area contributed by atoms with E-state index in [4.69, 9.17) is 17.3 Å². The number of rotatable bonds is 3. The van der Waals surface area contributed by atoms with E-state index in [2.05, 4.69) is 0 Å². The van der Waals surface area contributed by atoms with Crippen LogP contribution in [0, 0.1) is 12.7 Å². The van der Waals surface area contributed by atoms with Gasteiger partial charge in [-0.1, -0.05) is 17.7 Å². The van der Waals surface area contributed by atoms with Crippen molar-refractivity contribution in [2.45, 2.75) is 17.6 Å². The Hall–Kier alpha value is -1.19. The van der Waals surface area contributed by atoms with Gasteiger partial charge in [0.2, 0.25) is 0 Å². The zero-order valence-electron chi connectivity index (χ0n) is 9.91. The quantitative estimate of drug-likeness (QED) is 0.654. The monoisotopic (exact) mass is 281 g/mol. The summed E-state index contributed by atoms with van der Waals surface area (Å²) >= 11 is 7.63. The first-order valence-corrected chi connectivity index (χ1v) is 6.85. The third-order valence-corrected chi connectivity index (χ3v) is 4.18. The van der Waals surface area contributed by atoms with Crippen LogP contribution in [0.1, 0.15) is 11.1 Å². The zero-order valence-corrected chi connectivity index (χ0v) is 11.5. The van der Waals surface area contributed by atoms with E-state index in [1.165, 1.54) is 12.1 Å². The van der Waals surface area contributed by atoms with E-state index in [0.29, 0.717) is 10.8 Å². The molecule has 0 heterocycles. The molecule has 0 saturated carbocycles. The van der Waals surface area contributed by atoms with Crippen LogP contribution in [0.5, 0.6) is 0 Å². The number of aryl methyl sites for hydroxylation is 1. The van der Waals surface area contributed by atoms with Crippen LogP contribution < -0.4 is 5.73 Å². The molecule has 2 aromatic carbocycles. The minimum absolute atomic E-state index is 0.265. The molecule has 0 fully saturated rings. The topological polar surface area (TPSA) is 26.0 Å². The van der Waals surface area contributed by atoms with Gasteiger partial charge in [0.05, 0.1) is 0 Å². The van der Waals surface area contributed by atoms with Gasteiger partial charge in [0.1, 0.15) is 5.82 Å². The summed E-state index contributed by atoms with van der Waals surface area (Å²) in [7, 11) is 0. The number of halogens is 2. The summed E-state index contributed by atoms with van der Waals surface area (Å²) < 4.78 is 13.1. The van der Waals surface area contributed by atoms with Gasteiger partial charge < -0.3 is 5.73 Å². The van der Waals surface area contributed by atoms with Gasteiger partial charge in [0.15, 0.2) is 0 Å². The molecule has 0 unspecified atom stereocenters. The lowest BCUT2D eigenvalue weighted by atomic mass is 10.2. The molecule has 0 amide bonds. The molecule has 18 heavy (non-hydrogen) atoms. The number of benzene rings is 2. The highest BCUT2D eigenvalue weighted by Gasteiger charge is 2.05. The van der Waals surface area contributed by atoms with E-state index in [0.717, 1.165) is 21.7 Å². The smallest absolute Gasteiger partial charge is 0.123 e. The minimum atomic E-state index is -0.265. The van der Waals surface area contributed by atoms with Crippen LogP contribution in [0.3, 0.4) is 0 Å². The highest BCUT2D eigenvalue weighted by atomic mass is 35.5. The Labute approximate surface area is 115 Å². The third-order valence-electron chi connectivity index (χ3n) is 2.60. The summed E-state index contributed by atoms with van der Waals surface area (Å²) in [5, 5.41) is 0.588. The number of nitrogens with two attached hydrogens (primary N) is 1.